The Labute approximate surface area is 149 Å². The van der Waals surface area contributed by atoms with E-state index in [-0.39, 0.29) is 32.2 Å². The largest absolute Gasteiger partial charge is 2.00 e. The Kier molecular flexibility index (Phi) is 12.9. The molecule has 0 heterocycles. The van der Waals surface area contributed by atoms with E-state index in [1.165, 1.54) is 0 Å². The monoisotopic (exact) mass is 523 g/mol. The minimum Gasteiger partial charge on any atom is -0.545 e. The van der Waals surface area contributed by atoms with Crippen molar-refractivity contribution < 1.29 is 45.0 Å². The van der Waals surface area contributed by atoms with E-state index < -0.39 is 28.6 Å². The van der Waals surface area contributed by atoms with Crippen LogP contribution in [-0.4, -0.2) is 28.6 Å². The first kappa shape index (κ1) is 26.2. The van der Waals surface area contributed by atoms with Crippen LogP contribution in [0.4, 0.5) is 0 Å². The molecular weight excluding hydrogens is 499 g/mol. The van der Waals surface area contributed by atoms with Crippen molar-refractivity contribution in [2.24, 2.45) is 0 Å². The van der Waals surface area contributed by atoms with Crippen LogP contribution >= 0.6 is 0 Å². The smallest absolute Gasteiger partial charge is 0.545 e. The van der Waals surface area contributed by atoms with Gasteiger partial charge in [-0.25, -0.2) is 0 Å². The molecule has 0 atom stereocenters. The Bertz CT molecular complexity index is 423. The second kappa shape index (κ2) is 10.9. The van der Waals surface area contributed by atoms with Gasteiger partial charge in [0.05, 0.1) is 11.9 Å². The summed E-state index contributed by atoms with van der Waals surface area (Å²) in [5.74, 6) is -2.97. The first-order chi connectivity index (χ1) is 9.29. The number of aliphatic carboxylic acids is 2. The van der Waals surface area contributed by atoms with Crippen LogP contribution in [0.5, 0.6) is 0 Å². The molecule has 128 valence electrons. The summed E-state index contributed by atoms with van der Waals surface area (Å²) in [5, 5.41) is 20.0. The molecule has 0 N–H and O–H groups in total. The van der Waals surface area contributed by atoms with Crippen molar-refractivity contribution in [1.82, 2.24) is 0 Å². The van der Waals surface area contributed by atoms with Crippen molar-refractivity contribution in [1.29, 1.82) is 0 Å². The fourth-order valence-corrected chi connectivity index (χ4v) is 7.24. The number of carbonyl (C=O) groups is 2. The van der Waals surface area contributed by atoms with Crippen LogP contribution < -0.4 is 10.2 Å². The molecule has 0 spiro atoms. The number of rotatable bonds is 6. The van der Waals surface area contributed by atoms with Gasteiger partial charge in [-0.15, -0.1) is 13.2 Å². The van der Waals surface area contributed by atoms with E-state index in [9.17, 15) is 19.8 Å². The molecule has 0 fully saturated rings. The van der Waals surface area contributed by atoms with Crippen molar-refractivity contribution in [3.05, 3.63) is 35.7 Å². The van der Waals surface area contributed by atoms with Gasteiger partial charge < -0.3 is 23.9 Å². The zero-order valence-electron chi connectivity index (χ0n) is 13.9. The minimum absolute atomic E-state index is 0. The van der Waals surface area contributed by atoms with Crippen LogP contribution in [0, 0.1) is 0 Å². The maximum atomic E-state index is 9.99. The molecule has 0 rings (SSSR count). The van der Waals surface area contributed by atoms with Crippen LogP contribution in [0.2, 0.25) is 26.2 Å². The summed E-state index contributed by atoms with van der Waals surface area (Å²) in [6.07, 6.45) is 0. The van der Waals surface area contributed by atoms with Crippen LogP contribution in [0.1, 0.15) is 13.8 Å². The average molecular weight is 524 g/mol. The second-order valence-electron chi connectivity index (χ2n) is 5.63. The molecule has 0 bridgehead atoms. The molecule has 0 saturated carbocycles. The predicted molar refractivity (Wildman–Crippen MR) is 84.8 cm³/mol. The molecule has 5 nitrogen and oxygen atoms in total. The summed E-state index contributed by atoms with van der Waals surface area (Å²) in [6, 6.07) is 0. The van der Waals surface area contributed by atoms with Gasteiger partial charge in [-0.1, -0.05) is 11.4 Å². The summed E-state index contributed by atoms with van der Waals surface area (Å²) >= 11 is 0. The van der Waals surface area contributed by atoms with Gasteiger partial charge in [0.25, 0.3) is 0 Å². The average Bonchev–Trinajstić information content (AvgIpc) is 2.35. The van der Waals surface area contributed by atoms with Crippen LogP contribution in [0.15, 0.2) is 35.7 Å². The zero-order chi connectivity index (χ0) is 17.4. The summed E-state index contributed by atoms with van der Waals surface area (Å²) in [5.41, 5.74) is 3.25. The molecule has 0 aromatic rings. The van der Waals surface area contributed by atoms with Crippen LogP contribution in [0.25, 0.3) is 0 Å². The van der Waals surface area contributed by atoms with Gasteiger partial charge in [-0.2, -0.15) is 0 Å². The topological polar surface area (TPSA) is 89.5 Å². The Morgan fingerprint density at radius 2 is 1.18 bits per heavy atom. The van der Waals surface area contributed by atoms with Crippen molar-refractivity contribution in [2.75, 3.05) is 0 Å². The van der Waals surface area contributed by atoms with E-state index in [2.05, 4.69) is 39.3 Å². The minimum atomic E-state index is -1.74. The zero-order valence-corrected chi connectivity index (χ0v) is 18.2. The Hall–Kier alpha value is -0.758. The molecule has 0 aromatic carbocycles. The summed E-state index contributed by atoms with van der Waals surface area (Å²) in [6.45, 7) is 18.5. The quantitative estimate of drug-likeness (QED) is 0.378. The van der Waals surface area contributed by atoms with Gasteiger partial charge in [-0.3, -0.25) is 0 Å². The molecule has 8 heteroatoms. The normalized spacial score (nSPS) is 11.9. The predicted octanol–water partition coefficient (Wildman–Crippen LogP) is 0.684. The van der Waals surface area contributed by atoms with Crippen LogP contribution in [0.3, 0.4) is 0 Å². The Morgan fingerprint density at radius 3 is 1.27 bits per heavy atom. The van der Waals surface area contributed by atoms with Crippen molar-refractivity contribution in [3.63, 3.8) is 0 Å². The van der Waals surface area contributed by atoms with Gasteiger partial charge >= 0.3 is 21.1 Å². The molecule has 22 heavy (non-hydrogen) atoms. The first-order valence-corrected chi connectivity index (χ1v) is 12.3. The van der Waals surface area contributed by atoms with Gasteiger partial charge in [0, 0.05) is 0 Å². The number of hydrogen-bond acceptors (Lipinski definition) is 5. The Balaban J connectivity index is -0.000000315. The van der Waals surface area contributed by atoms with E-state index in [1.807, 2.05) is 11.4 Å². The van der Waals surface area contributed by atoms with Crippen molar-refractivity contribution >= 4 is 28.6 Å². The van der Waals surface area contributed by atoms with Gasteiger partial charge in [0.2, 0.25) is 8.32 Å². The molecule has 0 aliphatic rings. The van der Waals surface area contributed by atoms with E-state index in [0.717, 1.165) is 13.8 Å². The van der Waals surface area contributed by atoms with Gasteiger partial charge in [-0.05, 0) is 51.2 Å². The van der Waals surface area contributed by atoms with Crippen molar-refractivity contribution in [2.45, 2.75) is 40.0 Å². The summed E-state index contributed by atoms with van der Waals surface area (Å²) < 4.78 is 5.97. The molecule has 0 aromatic heterocycles. The maximum Gasteiger partial charge on any atom is 2.00 e. The number of carboxylic acid groups (broad SMARTS) is 2. The third-order valence-electron chi connectivity index (χ3n) is 2.51. The molecule has 0 aliphatic carbocycles. The van der Waals surface area contributed by atoms with Crippen molar-refractivity contribution in [3.8, 4) is 0 Å². The SMILES string of the molecule is C/C(C(=O)[O-])=C(/C)C(=O)[O-].C=C[Si](C)(C=C)O[Si](C)(C)C.[Pt+2]. The molecule has 0 unspecified atom stereocenters. The number of hydrogen-bond donors (Lipinski definition) is 0. The molecule has 0 radical (unpaired) electrons. The molecule has 0 aliphatic heterocycles. The van der Waals surface area contributed by atoms with E-state index in [4.69, 9.17) is 4.12 Å². The molecule has 0 amide bonds. The Morgan fingerprint density at radius 1 is 0.909 bits per heavy atom. The first-order valence-electron chi connectivity index (χ1n) is 6.37. The van der Waals surface area contributed by atoms with Gasteiger partial charge in [0.15, 0.2) is 8.32 Å². The number of carbonyl (C=O) groups excluding carboxylic acids is 2. The van der Waals surface area contributed by atoms with Gasteiger partial charge in [0.1, 0.15) is 0 Å². The summed E-state index contributed by atoms with van der Waals surface area (Å²) in [4.78, 5) is 20.0. The standard InChI is InChI=1S/C8H18OSi2.C6H8O4.Pt/c1-7-11(6,8-2)9-10(3,4)5;1-3(5(7)8)4(2)6(9)10;/h7-8H,1-2H2,3-6H3;1-2H3,(H,7,8)(H,9,10);/q;;+2/p-2/b;4-3+;. The van der Waals surface area contributed by atoms with Crippen LogP contribution in [-0.2, 0) is 34.8 Å². The molecular formula is C14H24O5PtSi2. The van der Waals surface area contributed by atoms with E-state index in [1.54, 1.807) is 0 Å². The van der Waals surface area contributed by atoms with E-state index >= 15 is 0 Å². The second-order valence-corrected chi connectivity index (χ2v) is 13.9. The molecule has 0 saturated heterocycles. The fraction of sp³-hybridized carbons (Fsp3) is 0.429. The number of carboxylic acids is 2. The maximum absolute atomic E-state index is 9.99. The summed E-state index contributed by atoms with van der Waals surface area (Å²) in [7, 11) is -3.16. The third-order valence-corrected chi connectivity index (χ3v) is 8.34. The van der Waals surface area contributed by atoms with E-state index in [0.29, 0.717) is 0 Å². The fourth-order valence-electron chi connectivity index (χ4n) is 1.13. The third kappa shape index (κ3) is 11.9.